The largest absolute Gasteiger partial charge is 0.281 e. The van der Waals surface area contributed by atoms with Crippen LogP contribution in [0.2, 0.25) is 0 Å². The number of rotatable bonds is 4. The van der Waals surface area contributed by atoms with Gasteiger partial charge in [0.05, 0.1) is 23.9 Å². The van der Waals surface area contributed by atoms with Crippen molar-refractivity contribution in [1.29, 1.82) is 0 Å². The SMILES string of the molecule is CCN1C(=O)[C@H]2[C@@H](C1=O)N1[C@H](c3cccs3)[C@@H]3C(=O)N(CC)C(=O)[C@H]3N1[C@@H]2c1cccs1. The number of nitrogens with zero attached hydrogens (tertiary/aromatic N) is 4. The lowest BCUT2D eigenvalue weighted by molar-refractivity contribution is -0.152. The second kappa shape index (κ2) is 7.05. The third-order valence-corrected chi connectivity index (χ3v) is 9.10. The summed E-state index contributed by atoms with van der Waals surface area (Å²) in [5, 5.41) is 7.73. The Morgan fingerprint density at radius 2 is 1.06 bits per heavy atom. The van der Waals surface area contributed by atoms with Gasteiger partial charge in [-0.3, -0.25) is 29.0 Å². The van der Waals surface area contributed by atoms with Gasteiger partial charge in [0, 0.05) is 22.8 Å². The summed E-state index contributed by atoms with van der Waals surface area (Å²) in [4.78, 5) is 58.3. The van der Waals surface area contributed by atoms with E-state index in [0.29, 0.717) is 13.1 Å². The highest BCUT2D eigenvalue weighted by Crippen LogP contribution is 2.59. The fraction of sp³-hybridized carbons (Fsp3) is 0.455. The maximum absolute atomic E-state index is 13.5. The van der Waals surface area contributed by atoms with Crippen molar-refractivity contribution in [2.75, 3.05) is 13.1 Å². The summed E-state index contributed by atoms with van der Waals surface area (Å²) in [6.45, 7) is 4.23. The van der Waals surface area contributed by atoms with E-state index in [0.717, 1.165) is 9.75 Å². The molecule has 2 aromatic rings. The molecule has 10 heteroatoms. The number of thiophene rings is 2. The van der Waals surface area contributed by atoms with Crippen molar-refractivity contribution in [3.8, 4) is 0 Å². The second-order valence-electron chi connectivity index (χ2n) is 8.46. The van der Waals surface area contributed by atoms with Gasteiger partial charge in [0.1, 0.15) is 12.1 Å². The van der Waals surface area contributed by atoms with Gasteiger partial charge in [-0.1, -0.05) is 12.1 Å². The number of carbonyl (C=O) groups excluding carboxylic acids is 4. The van der Waals surface area contributed by atoms with Crippen LogP contribution in [-0.2, 0) is 19.2 Å². The molecule has 6 rings (SSSR count). The topological polar surface area (TPSA) is 81.2 Å². The molecule has 0 aliphatic carbocycles. The van der Waals surface area contributed by atoms with E-state index >= 15 is 0 Å². The number of imide groups is 2. The Morgan fingerprint density at radius 3 is 1.38 bits per heavy atom. The standard InChI is InChI=1S/C22H22N4O4S2/c1-3-23-19(27)13-15(11-7-5-9-31-11)26-18-14(20(28)24(4-2)22(18)30)16(12-8-6-10-32-12)25(26)17(13)21(23)29/h5-10,13-18H,3-4H2,1-2H3/t13-,14+,15-,16-,17+,18+/m1/s1. The minimum absolute atomic E-state index is 0.194. The summed E-state index contributed by atoms with van der Waals surface area (Å²) in [5.41, 5.74) is 0. The molecular weight excluding hydrogens is 448 g/mol. The Morgan fingerprint density at radius 1 is 0.656 bits per heavy atom. The van der Waals surface area contributed by atoms with E-state index in [1.165, 1.54) is 32.5 Å². The van der Waals surface area contributed by atoms with E-state index in [4.69, 9.17) is 0 Å². The van der Waals surface area contributed by atoms with Gasteiger partial charge in [0.2, 0.25) is 23.6 Å². The zero-order valence-electron chi connectivity index (χ0n) is 17.6. The molecule has 0 aromatic carbocycles. The first-order valence-electron chi connectivity index (χ1n) is 10.8. The first-order chi connectivity index (χ1) is 15.5. The zero-order valence-corrected chi connectivity index (χ0v) is 19.2. The van der Waals surface area contributed by atoms with Gasteiger partial charge in [-0.2, -0.15) is 0 Å². The molecule has 4 saturated heterocycles. The van der Waals surface area contributed by atoms with Gasteiger partial charge in [0.15, 0.2) is 0 Å². The van der Waals surface area contributed by atoms with Crippen molar-refractivity contribution in [1.82, 2.24) is 19.8 Å². The van der Waals surface area contributed by atoms with Gasteiger partial charge in [-0.25, -0.2) is 10.0 Å². The summed E-state index contributed by atoms with van der Waals surface area (Å²) in [7, 11) is 0. The maximum Gasteiger partial charge on any atom is 0.248 e. The van der Waals surface area contributed by atoms with Crippen molar-refractivity contribution in [2.45, 2.75) is 38.0 Å². The van der Waals surface area contributed by atoms with E-state index in [2.05, 4.69) is 0 Å². The first-order valence-corrected chi connectivity index (χ1v) is 12.6. The Hall–Kier alpha value is -2.40. The summed E-state index contributed by atoms with van der Waals surface area (Å²) >= 11 is 3.03. The van der Waals surface area contributed by atoms with Crippen LogP contribution in [0.1, 0.15) is 35.7 Å². The van der Waals surface area contributed by atoms with Gasteiger partial charge < -0.3 is 0 Å². The molecule has 4 fully saturated rings. The molecule has 4 aliphatic rings. The molecule has 0 saturated carbocycles. The van der Waals surface area contributed by atoms with Crippen LogP contribution in [0.5, 0.6) is 0 Å². The molecule has 0 unspecified atom stereocenters. The summed E-state index contributed by atoms with van der Waals surface area (Å²) in [6.07, 6.45) is 0. The molecule has 0 radical (unpaired) electrons. The molecule has 2 aromatic heterocycles. The quantitative estimate of drug-likeness (QED) is 0.635. The third-order valence-electron chi connectivity index (χ3n) is 7.21. The number of amides is 4. The third kappa shape index (κ3) is 2.33. The molecule has 166 valence electrons. The lowest BCUT2D eigenvalue weighted by Gasteiger charge is -2.34. The Bertz CT molecular complexity index is 1030. The molecule has 32 heavy (non-hydrogen) atoms. The van der Waals surface area contributed by atoms with Crippen LogP contribution in [0.3, 0.4) is 0 Å². The average molecular weight is 471 g/mol. The van der Waals surface area contributed by atoms with Crippen LogP contribution in [0.25, 0.3) is 0 Å². The molecular formula is C22H22N4O4S2. The van der Waals surface area contributed by atoms with Gasteiger partial charge in [0.25, 0.3) is 0 Å². The fourth-order valence-corrected chi connectivity index (χ4v) is 7.78. The predicted octanol–water partition coefficient (Wildman–Crippen LogP) is 1.89. The van der Waals surface area contributed by atoms with Crippen LogP contribution >= 0.6 is 22.7 Å². The van der Waals surface area contributed by atoms with Crippen molar-refractivity contribution in [2.24, 2.45) is 11.8 Å². The van der Waals surface area contributed by atoms with Crippen molar-refractivity contribution in [3.63, 3.8) is 0 Å². The van der Waals surface area contributed by atoms with Crippen molar-refractivity contribution < 1.29 is 19.2 Å². The van der Waals surface area contributed by atoms with Gasteiger partial charge in [-0.05, 0) is 36.7 Å². The molecule has 0 N–H and O–H groups in total. The number of hydrogen-bond donors (Lipinski definition) is 0. The predicted molar refractivity (Wildman–Crippen MR) is 117 cm³/mol. The highest BCUT2D eigenvalue weighted by molar-refractivity contribution is 7.10. The normalized spacial score (nSPS) is 34.7. The van der Waals surface area contributed by atoms with Crippen molar-refractivity contribution in [3.05, 3.63) is 44.8 Å². The highest BCUT2D eigenvalue weighted by atomic mass is 32.1. The summed E-state index contributed by atoms with van der Waals surface area (Å²) < 4.78 is 0. The monoisotopic (exact) mass is 470 g/mol. The molecule has 0 spiro atoms. The van der Waals surface area contributed by atoms with Crippen LogP contribution in [0.4, 0.5) is 0 Å². The Kier molecular flexibility index (Phi) is 4.45. The molecule has 4 amide bonds. The number of hydrazine groups is 1. The summed E-state index contributed by atoms with van der Waals surface area (Å²) in [6, 6.07) is 5.44. The van der Waals surface area contributed by atoms with Crippen LogP contribution in [0.15, 0.2) is 35.0 Å². The molecule has 4 aliphatic heterocycles. The highest BCUT2D eigenvalue weighted by Gasteiger charge is 2.73. The van der Waals surface area contributed by atoms with Crippen LogP contribution < -0.4 is 0 Å². The smallest absolute Gasteiger partial charge is 0.248 e. The number of hydrogen-bond acceptors (Lipinski definition) is 8. The minimum atomic E-state index is -0.706. The van der Waals surface area contributed by atoms with E-state index < -0.39 is 36.0 Å². The number of carbonyl (C=O) groups is 4. The van der Waals surface area contributed by atoms with E-state index in [1.807, 2.05) is 45.0 Å². The second-order valence-corrected chi connectivity index (χ2v) is 10.4. The lowest BCUT2D eigenvalue weighted by Crippen LogP contribution is -2.49. The van der Waals surface area contributed by atoms with E-state index in [9.17, 15) is 19.2 Å². The fourth-order valence-electron chi connectivity index (χ4n) is 6.05. The molecule has 6 heterocycles. The average Bonchev–Trinajstić information content (AvgIpc) is 3.58. The van der Waals surface area contributed by atoms with Gasteiger partial charge >= 0.3 is 0 Å². The number of likely N-dealkylation sites (N-methyl/N-ethyl adjacent to an activating group) is 2. The van der Waals surface area contributed by atoms with Crippen LogP contribution in [0, 0.1) is 11.8 Å². The molecule has 6 atom stereocenters. The summed E-state index contributed by atoms with van der Waals surface area (Å²) in [5.74, 6) is -2.05. The maximum atomic E-state index is 13.5. The number of likely N-dealkylation sites (tertiary alicyclic amines) is 2. The van der Waals surface area contributed by atoms with E-state index in [1.54, 1.807) is 13.8 Å². The zero-order chi connectivity index (χ0) is 22.3. The van der Waals surface area contributed by atoms with Gasteiger partial charge in [-0.15, -0.1) is 22.7 Å². The van der Waals surface area contributed by atoms with Crippen molar-refractivity contribution >= 4 is 46.3 Å². The molecule has 0 bridgehead atoms. The minimum Gasteiger partial charge on any atom is -0.281 e. The lowest BCUT2D eigenvalue weighted by atomic mass is 9.88. The Balaban J connectivity index is 1.57. The Labute approximate surface area is 193 Å². The molecule has 8 nitrogen and oxygen atoms in total. The number of fused-ring (bicyclic) bond motifs is 5. The first kappa shape index (κ1) is 20.2. The van der Waals surface area contributed by atoms with Crippen LogP contribution in [-0.4, -0.2) is 68.6 Å². The van der Waals surface area contributed by atoms with E-state index in [-0.39, 0.29) is 23.6 Å².